The molecule has 3 nitrogen and oxygen atoms in total. The maximum atomic E-state index is 6.39. The first-order valence-corrected chi connectivity index (χ1v) is 18.0. The van der Waals surface area contributed by atoms with Crippen LogP contribution in [0.3, 0.4) is 0 Å². The van der Waals surface area contributed by atoms with Crippen LogP contribution in [0.4, 0.5) is 17.1 Å². The third-order valence-electron chi connectivity index (χ3n) is 10.7. The second-order valence-electron chi connectivity index (χ2n) is 13.6. The minimum Gasteiger partial charge on any atom is -0.456 e. The molecule has 9 aromatic carbocycles. The van der Waals surface area contributed by atoms with Crippen LogP contribution in [0, 0.1) is 0 Å². The number of hydrogen-bond donors (Lipinski definition) is 0. The predicted molar refractivity (Wildman–Crippen MR) is 222 cm³/mol. The van der Waals surface area contributed by atoms with Crippen LogP contribution < -0.4 is 4.90 Å². The van der Waals surface area contributed by atoms with Crippen molar-refractivity contribution >= 4 is 82.5 Å². The second-order valence-corrected chi connectivity index (χ2v) is 13.6. The van der Waals surface area contributed by atoms with Crippen molar-refractivity contribution in [2.75, 3.05) is 4.90 Å². The molecule has 0 unspecified atom stereocenters. The molecule has 0 N–H and O–H groups in total. The van der Waals surface area contributed by atoms with E-state index in [0.717, 1.165) is 66.7 Å². The number of furan rings is 2. The Morgan fingerprint density at radius 3 is 1.83 bits per heavy atom. The fourth-order valence-corrected chi connectivity index (χ4v) is 8.23. The standard InChI is InChI=1S/C50H31NO2/c1-2-11-35(12-3-1)51(36-27-23-32(24-28-36)39-16-9-19-43-42-13-4-6-21-46(42)53-50(39)43)45-20-10-17-40-37(15-8-18-41(40)45)33-25-29-38-34(31-33)26-30-48-49(38)44-14-5-7-22-47(44)52-48/h1-31H. The fourth-order valence-electron chi connectivity index (χ4n) is 8.23. The van der Waals surface area contributed by atoms with Gasteiger partial charge in [-0.2, -0.15) is 0 Å². The minimum absolute atomic E-state index is 0.907. The van der Waals surface area contributed by atoms with Gasteiger partial charge >= 0.3 is 0 Å². The Balaban J connectivity index is 1.04. The van der Waals surface area contributed by atoms with Crippen LogP contribution in [0.25, 0.3) is 87.7 Å². The summed E-state index contributed by atoms with van der Waals surface area (Å²) in [4.78, 5) is 2.36. The fraction of sp³-hybridized carbons (Fsp3) is 0. The highest BCUT2D eigenvalue weighted by Gasteiger charge is 2.18. The highest BCUT2D eigenvalue weighted by molar-refractivity contribution is 6.19. The van der Waals surface area contributed by atoms with Gasteiger partial charge in [-0.05, 0) is 87.4 Å². The summed E-state index contributed by atoms with van der Waals surface area (Å²) in [5.74, 6) is 0. The summed E-state index contributed by atoms with van der Waals surface area (Å²) in [6.07, 6.45) is 0. The summed E-state index contributed by atoms with van der Waals surface area (Å²) in [5, 5.41) is 9.37. The quantitative estimate of drug-likeness (QED) is 0.182. The zero-order valence-corrected chi connectivity index (χ0v) is 28.7. The number of rotatable bonds is 5. The number of hydrogen-bond acceptors (Lipinski definition) is 3. The van der Waals surface area contributed by atoms with Gasteiger partial charge in [0.2, 0.25) is 0 Å². The first-order valence-electron chi connectivity index (χ1n) is 18.0. The van der Waals surface area contributed by atoms with Gasteiger partial charge in [0.25, 0.3) is 0 Å². The normalized spacial score (nSPS) is 11.8. The minimum atomic E-state index is 0.907. The van der Waals surface area contributed by atoms with Crippen LogP contribution in [0.15, 0.2) is 197 Å². The molecular formula is C50H31NO2. The van der Waals surface area contributed by atoms with Crippen molar-refractivity contribution < 1.29 is 8.83 Å². The first-order chi connectivity index (χ1) is 26.3. The Bertz CT molecular complexity index is 3170. The van der Waals surface area contributed by atoms with Crippen molar-refractivity contribution in [3.05, 3.63) is 188 Å². The summed E-state index contributed by atoms with van der Waals surface area (Å²) in [6, 6.07) is 66.8. The van der Waals surface area contributed by atoms with E-state index in [9.17, 15) is 0 Å². The average Bonchev–Trinajstić information content (AvgIpc) is 3.80. The van der Waals surface area contributed by atoms with E-state index >= 15 is 0 Å². The molecule has 11 rings (SSSR count). The molecule has 0 atom stereocenters. The Kier molecular flexibility index (Phi) is 6.55. The third-order valence-corrected chi connectivity index (χ3v) is 10.7. The SMILES string of the molecule is c1ccc(N(c2ccc(-c3cccc4c3oc3ccccc34)cc2)c2cccc3c(-c4ccc5c(ccc6oc7ccccc7c65)c4)cccc23)cc1. The first kappa shape index (κ1) is 29.6. The van der Waals surface area contributed by atoms with Gasteiger partial charge in [0.05, 0.1) is 5.69 Å². The Hall–Kier alpha value is -7.10. The molecule has 0 saturated carbocycles. The highest BCUT2D eigenvalue weighted by atomic mass is 16.3. The van der Waals surface area contributed by atoms with Gasteiger partial charge in [-0.1, -0.05) is 133 Å². The van der Waals surface area contributed by atoms with Gasteiger partial charge in [0, 0.05) is 43.9 Å². The zero-order chi connectivity index (χ0) is 34.9. The van der Waals surface area contributed by atoms with Gasteiger partial charge in [0.1, 0.15) is 22.3 Å². The lowest BCUT2D eigenvalue weighted by atomic mass is 9.94. The maximum absolute atomic E-state index is 6.39. The van der Waals surface area contributed by atoms with Crippen molar-refractivity contribution in [2.45, 2.75) is 0 Å². The largest absolute Gasteiger partial charge is 0.456 e. The van der Waals surface area contributed by atoms with E-state index < -0.39 is 0 Å². The van der Waals surface area contributed by atoms with Crippen molar-refractivity contribution in [1.29, 1.82) is 0 Å². The molecule has 0 aliphatic heterocycles. The molecule has 0 radical (unpaired) electrons. The molecule has 0 amide bonds. The number of fused-ring (bicyclic) bond motifs is 9. The van der Waals surface area contributed by atoms with Crippen LogP contribution in [-0.4, -0.2) is 0 Å². The molecule has 0 aliphatic rings. The lowest BCUT2D eigenvalue weighted by molar-refractivity contribution is 0.669. The molecule has 0 fully saturated rings. The van der Waals surface area contributed by atoms with E-state index in [2.05, 4.69) is 169 Å². The summed E-state index contributed by atoms with van der Waals surface area (Å²) >= 11 is 0. The van der Waals surface area contributed by atoms with Gasteiger partial charge in [-0.25, -0.2) is 0 Å². The maximum Gasteiger partial charge on any atom is 0.143 e. The number of benzene rings is 9. The van der Waals surface area contributed by atoms with E-state index in [1.165, 1.54) is 38.1 Å². The predicted octanol–water partition coefficient (Wildman–Crippen LogP) is 14.6. The molecule has 0 spiro atoms. The highest BCUT2D eigenvalue weighted by Crippen LogP contribution is 2.43. The van der Waals surface area contributed by atoms with Crippen LogP contribution in [0.1, 0.15) is 0 Å². The Morgan fingerprint density at radius 2 is 0.981 bits per heavy atom. The smallest absolute Gasteiger partial charge is 0.143 e. The lowest BCUT2D eigenvalue weighted by Gasteiger charge is -2.27. The molecule has 3 heteroatoms. The third kappa shape index (κ3) is 4.68. The van der Waals surface area contributed by atoms with Gasteiger partial charge in [-0.15, -0.1) is 0 Å². The van der Waals surface area contributed by atoms with Gasteiger partial charge in [-0.3, -0.25) is 0 Å². The van der Waals surface area contributed by atoms with Gasteiger partial charge in [0.15, 0.2) is 0 Å². The zero-order valence-electron chi connectivity index (χ0n) is 28.7. The van der Waals surface area contributed by atoms with Crippen molar-refractivity contribution in [1.82, 2.24) is 0 Å². The summed E-state index contributed by atoms with van der Waals surface area (Å²) in [7, 11) is 0. The summed E-state index contributed by atoms with van der Waals surface area (Å²) < 4.78 is 12.6. The lowest BCUT2D eigenvalue weighted by Crippen LogP contribution is -2.10. The van der Waals surface area contributed by atoms with E-state index in [1.54, 1.807) is 0 Å². The van der Waals surface area contributed by atoms with E-state index in [1.807, 2.05) is 24.3 Å². The number of anilines is 3. The molecular weight excluding hydrogens is 647 g/mol. The molecule has 0 aliphatic carbocycles. The van der Waals surface area contributed by atoms with Crippen LogP contribution in [-0.2, 0) is 0 Å². The Morgan fingerprint density at radius 1 is 0.340 bits per heavy atom. The molecule has 11 aromatic rings. The van der Waals surface area contributed by atoms with Crippen LogP contribution in [0.2, 0.25) is 0 Å². The molecule has 248 valence electrons. The molecule has 53 heavy (non-hydrogen) atoms. The molecule has 0 bridgehead atoms. The molecule has 2 heterocycles. The van der Waals surface area contributed by atoms with Crippen molar-refractivity contribution in [2.24, 2.45) is 0 Å². The summed E-state index contributed by atoms with van der Waals surface area (Å²) in [6.45, 7) is 0. The van der Waals surface area contributed by atoms with Crippen LogP contribution >= 0.6 is 0 Å². The van der Waals surface area contributed by atoms with Crippen molar-refractivity contribution in [3.63, 3.8) is 0 Å². The van der Waals surface area contributed by atoms with Gasteiger partial charge < -0.3 is 13.7 Å². The Labute approximate surface area is 305 Å². The van der Waals surface area contributed by atoms with Crippen LogP contribution in [0.5, 0.6) is 0 Å². The summed E-state index contributed by atoms with van der Waals surface area (Å²) in [5.41, 5.74) is 11.5. The number of nitrogens with zero attached hydrogens (tertiary/aromatic N) is 1. The molecule has 2 aromatic heterocycles. The van der Waals surface area contributed by atoms with E-state index in [0.29, 0.717) is 0 Å². The van der Waals surface area contributed by atoms with E-state index in [4.69, 9.17) is 8.83 Å². The molecule has 0 saturated heterocycles. The monoisotopic (exact) mass is 677 g/mol. The second kappa shape index (κ2) is 11.7. The number of para-hydroxylation sites is 4. The van der Waals surface area contributed by atoms with E-state index in [-0.39, 0.29) is 0 Å². The topological polar surface area (TPSA) is 29.5 Å². The van der Waals surface area contributed by atoms with Crippen molar-refractivity contribution in [3.8, 4) is 22.3 Å². The average molecular weight is 678 g/mol.